The molecule has 8 heteroatoms. The lowest BCUT2D eigenvalue weighted by atomic mass is 10.1. The van der Waals surface area contributed by atoms with Crippen molar-refractivity contribution in [3.63, 3.8) is 0 Å². The molecule has 0 atom stereocenters. The standard InChI is InChI=1S/C25H21N5O2S/c1-16-10-12-18(13-11-16)23-26-22(32-29-23)15-33-25-28-27-24(19-7-5-8-20(31)14-19)30(25)21-9-4-3-6-17(21)2/h3-14,31H,15H2,1-2H3. The fourth-order valence-corrected chi connectivity index (χ4v) is 4.27. The minimum absolute atomic E-state index is 0.176. The maximum absolute atomic E-state index is 9.97. The van der Waals surface area contributed by atoms with Crippen molar-refractivity contribution in [2.45, 2.75) is 24.8 Å². The first-order valence-corrected chi connectivity index (χ1v) is 11.4. The smallest absolute Gasteiger partial charge is 0.237 e. The number of benzene rings is 3. The van der Waals surface area contributed by atoms with Crippen molar-refractivity contribution < 1.29 is 9.63 Å². The molecule has 2 aromatic heterocycles. The Balaban J connectivity index is 1.46. The number of hydrogen-bond acceptors (Lipinski definition) is 7. The van der Waals surface area contributed by atoms with Crippen molar-refractivity contribution in [1.82, 2.24) is 24.9 Å². The van der Waals surface area contributed by atoms with Crippen molar-refractivity contribution in [2.75, 3.05) is 0 Å². The van der Waals surface area contributed by atoms with E-state index in [1.165, 1.54) is 17.3 Å². The number of phenolic OH excluding ortho intramolecular Hbond substituents is 1. The maximum atomic E-state index is 9.97. The molecule has 0 fully saturated rings. The highest BCUT2D eigenvalue weighted by Crippen LogP contribution is 2.32. The number of thioether (sulfide) groups is 1. The molecule has 0 saturated heterocycles. The topological polar surface area (TPSA) is 89.9 Å². The van der Waals surface area contributed by atoms with E-state index in [0.29, 0.717) is 28.4 Å². The van der Waals surface area contributed by atoms with Gasteiger partial charge in [0.05, 0.1) is 11.4 Å². The molecule has 0 aliphatic heterocycles. The van der Waals surface area contributed by atoms with Gasteiger partial charge in [0.15, 0.2) is 11.0 Å². The first kappa shape index (κ1) is 21.0. The highest BCUT2D eigenvalue weighted by atomic mass is 32.2. The molecule has 0 spiro atoms. The average Bonchev–Trinajstić information content (AvgIpc) is 3.46. The van der Waals surface area contributed by atoms with Crippen LogP contribution in [0.2, 0.25) is 0 Å². The van der Waals surface area contributed by atoms with Crippen LogP contribution in [-0.2, 0) is 5.75 Å². The third-order valence-corrected chi connectivity index (χ3v) is 6.11. The normalized spacial score (nSPS) is 11.1. The molecule has 0 bridgehead atoms. The molecule has 1 N–H and O–H groups in total. The van der Waals surface area contributed by atoms with E-state index < -0.39 is 0 Å². The Morgan fingerprint density at radius 2 is 1.73 bits per heavy atom. The number of nitrogens with zero attached hydrogens (tertiary/aromatic N) is 5. The van der Waals surface area contributed by atoms with Crippen molar-refractivity contribution in [1.29, 1.82) is 0 Å². The Bertz CT molecular complexity index is 1410. The molecule has 0 saturated carbocycles. The summed E-state index contributed by atoms with van der Waals surface area (Å²) in [5, 5.41) is 23.6. The van der Waals surface area contributed by atoms with Crippen LogP contribution in [0.1, 0.15) is 17.0 Å². The Kier molecular flexibility index (Phi) is 5.66. The Labute approximate surface area is 195 Å². The number of para-hydroxylation sites is 1. The summed E-state index contributed by atoms with van der Waals surface area (Å²) in [6.45, 7) is 4.08. The van der Waals surface area contributed by atoms with Crippen LogP contribution < -0.4 is 0 Å². The van der Waals surface area contributed by atoms with Gasteiger partial charge in [0.2, 0.25) is 11.7 Å². The van der Waals surface area contributed by atoms with E-state index in [-0.39, 0.29) is 5.75 Å². The monoisotopic (exact) mass is 455 g/mol. The van der Waals surface area contributed by atoms with Crippen molar-refractivity contribution in [2.24, 2.45) is 0 Å². The van der Waals surface area contributed by atoms with Gasteiger partial charge in [-0.1, -0.05) is 77.1 Å². The van der Waals surface area contributed by atoms with Crippen molar-refractivity contribution in [3.8, 4) is 34.2 Å². The van der Waals surface area contributed by atoms with Crippen LogP contribution >= 0.6 is 11.8 Å². The van der Waals surface area contributed by atoms with E-state index in [9.17, 15) is 5.11 Å². The molecule has 0 amide bonds. The summed E-state index contributed by atoms with van der Waals surface area (Å²) in [7, 11) is 0. The third kappa shape index (κ3) is 4.38. The first-order valence-electron chi connectivity index (χ1n) is 10.4. The molecule has 5 aromatic rings. The van der Waals surface area contributed by atoms with Crippen LogP contribution in [0.25, 0.3) is 28.5 Å². The number of aromatic nitrogens is 5. The molecule has 2 heterocycles. The molecule has 0 radical (unpaired) electrons. The summed E-state index contributed by atoms with van der Waals surface area (Å²) < 4.78 is 7.47. The Hall–Kier alpha value is -3.91. The van der Waals surface area contributed by atoms with Gasteiger partial charge in [-0.05, 0) is 37.6 Å². The Morgan fingerprint density at radius 1 is 0.909 bits per heavy atom. The molecule has 0 aliphatic carbocycles. The zero-order valence-corrected chi connectivity index (χ0v) is 19.0. The highest BCUT2D eigenvalue weighted by molar-refractivity contribution is 7.98. The molecule has 164 valence electrons. The van der Waals surface area contributed by atoms with Crippen molar-refractivity contribution >= 4 is 11.8 Å². The molecule has 7 nitrogen and oxygen atoms in total. The number of aromatic hydroxyl groups is 1. The zero-order chi connectivity index (χ0) is 22.8. The minimum Gasteiger partial charge on any atom is -0.508 e. The number of rotatable bonds is 6. The second kappa shape index (κ2) is 8.91. The molecule has 0 aliphatic rings. The van der Waals surface area contributed by atoms with Crippen LogP contribution in [0, 0.1) is 13.8 Å². The van der Waals surface area contributed by atoms with Crippen LogP contribution in [0.3, 0.4) is 0 Å². The van der Waals surface area contributed by atoms with Gasteiger partial charge in [-0.2, -0.15) is 4.98 Å². The molecule has 3 aromatic carbocycles. The Morgan fingerprint density at radius 3 is 2.52 bits per heavy atom. The number of hydrogen-bond donors (Lipinski definition) is 1. The van der Waals surface area contributed by atoms with E-state index in [0.717, 1.165) is 22.4 Å². The molecular formula is C25H21N5O2S. The second-order valence-electron chi connectivity index (χ2n) is 7.64. The fourth-order valence-electron chi connectivity index (χ4n) is 3.49. The van der Waals surface area contributed by atoms with Gasteiger partial charge in [0.25, 0.3) is 0 Å². The third-order valence-electron chi connectivity index (χ3n) is 5.20. The lowest BCUT2D eigenvalue weighted by molar-refractivity contribution is 0.391. The van der Waals surface area contributed by atoms with Gasteiger partial charge in [0, 0.05) is 11.1 Å². The number of phenols is 1. The van der Waals surface area contributed by atoms with Gasteiger partial charge in [-0.15, -0.1) is 10.2 Å². The van der Waals surface area contributed by atoms with Gasteiger partial charge < -0.3 is 9.63 Å². The SMILES string of the molecule is Cc1ccc(-c2noc(CSc3nnc(-c4cccc(O)c4)n3-c3ccccc3C)n2)cc1. The summed E-state index contributed by atoms with van der Waals surface area (Å²) in [6, 6.07) is 23.1. The summed E-state index contributed by atoms with van der Waals surface area (Å²) in [5.74, 6) is 2.34. The van der Waals surface area contributed by atoms with Crippen LogP contribution in [0.4, 0.5) is 0 Å². The maximum Gasteiger partial charge on any atom is 0.237 e. The van der Waals surface area contributed by atoms with Gasteiger partial charge in [-0.3, -0.25) is 4.57 Å². The van der Waals surface area contributed by atoms with E-state index in [2.05, 4.69) is 20.3 Å². The summed E-state index contributed by atoms with van der Waals surface area (Å²) >= 11 is 1.46. The van der Waals surface area contributed by atoms with Gasteiger partial charge in [-0.25, -0.2) is 0 Å². The molecule has 33 heavy (non-hydrogen) atoms. The van der Waals surface area contributed by atoms with Crippen LogP contribution in [-0.4, -0.2) is 30.0 Å². The quantitative estimate of drug-likeness (QED) is 0.333. The van der Waals surface area contributed by atoms with Crippen LogP contribution in [0.15, 0.2) is 82.5 Å². The predicted molar refractivity (Wildman–Crippen MR) is 127 cm³/mol. The first-order chi connectivity index (χ1) is 16.1. The summed E-state index contributed by atoms with van der Waals surface area (Å²) in [6.07, 6.45) is 0. The molecule has 5 rings (SSSR count). The lowest BCUT2D eigenvalue weighted by Gasteiger charge is -2.12. The zero-order valence-electron chi connectivity index (χ0n) is 18.1. The minimum atomic E-state index is 0.176. The largest absolute Gasteiger partial charge is 0.508 e. The second-order valence-corrected chi connectivity index (χ2v) is 8.59. The van der Waals surface area contributed by atoms with E-state index >= 15 is 0 Å². The summed E-state index contributed by atoms with van der Waals surface area (Å²) in [4.78, 5) is 4.53. The van der Waals surface area contributed by atoms with Gasteiger partial charge >= 0.3 is 0 Å². The molecular weight excluding hydrogens is 434 g/mol. The average molecular weight is 456 g/mol. The predicted octanol–water partition coefficient (Wildman–Crippen LogP) is 5.60. The lowest BCUT2D eigenvalue weighted by Crippen LogP contribution is -2.02. The summed E-state index contributed by atoms with van der Waals surface area (Å²) in [5.41, 5.74) is 4.91. The van der Waals surface area contributed by atoms with Crippen molar-refractivity contribution in [3.05, 3.63) is 89.8 Å². The highest BCUT2D eigenvalue weighted by Gasteiger charge is 2.19. The molecule has 0 unspecified atom stereocenters. The van der Waals surface area contributed by atoms with Crippen LogP contribution in [0.5, 0.6) is 5.75 Å². The van der Waals surface area contributed by atoms with E-state index in [1.54, 1.807) is 18.2 Å². The number of aryl methyl sites for hydroxylation is 2. The fraction of sp³-hybridized carbons (Fsp3) is 0.120. The van der Waals surface area contributed by atoms with Gasteiger partial charge in [0.1, 0.15) is 5.75 Å². The van der Waals surface area contributed by atoms with E-state index in [1.807, 2.05) is 73.0 Å². The van der Waals surface area contributed by atoms with E-state index in [4.69, 9.17) is 4.52 Å².